The van der Waals surface area contributed by atoms with Gasteiger partial charge in [-0.1, -0.05) is 24.3 Å². The van der Waals surface area contributed by atoms with E-state index in [0.717, 1.165) is 16.6 Å². The van der Waals surface area contributed by atoms with Gasteiger partial charge in [-0.25, -0.2) is 0 Å². The Hall–Kier alpha value is -1.32. The van der Waals surface area contributed by atoms with E-state index in [9.17, 15) is 0 Å². The average molecular weight is 334 g/mol. The third-order valence-electron chi connectivity index (χ3n) is 3.63. The molecular formula is C17H20BrNO. The topological polar surface area (TPSA) is 35.2 Å². The normalized spacial score (nSPS) is 12.2. The zero-order valence-electron chi connectivity index (χ0n) is 12.1. The van der Waals surface area contributed by atoms with E-state index in [2.05, 4.69) is 60.1 Å². The SMILES string of the molecule is COc1ccc(CC(N)c2ccc(C)c(C)c2)cc1Br. The van der Waals surface area contributed by atoms with Crippen LogP contribution in [-0.2, 0) is 6.42 Å². The summed E-state index contributed by atoms with van der Waals surface area (Å²) in [5, 5.41) is 0. The Labute approximate surface area is 129 Å². The van der Waals surface area contributed by atoms with Crippen molar-refractivity contribution in [3.63, 3.8) is 0 Å². The molecular weight excluding hydrogens is 314 g/mol. The monoisotopic (exact) mass is 333 g/mol. The minimum Gasteiger partial charge on any atom is -0.496 e. The molecule has 1 atom stereocenters. The Kier molecular flexibility index (Phi) is 4.84. The predicted molar refractivity (Wildman–Crippen MR) is 87.2 cm³/mol. The van der Waals surface area contributed by atoms with Gasteiger partial charge in [-0.05, 0) is 70.6 Å². The van der Waals surface area contributed by atoms with Crippen LogP contribution in [-0.4, -0.2) is 7.11 Å². The highest BCUT2D eigenvalue weighted by molar-refractivity contribution is 9.10. The minimum atomic E-state index is 0.00888. The number of aryl methyl sites for hydroxylation is 2. The Morgan fingerprint density at radius 3 is 2.45 bits per heavy atom. The summed E-state index contributed by atoms with van der Waals surface area (Å²) in [5.41, 5.74) is 11.3. The quantitative estimate of drug-likeness (QED) is 0.904. The zero-order chi connectivity index (χ0) is 14.7. The van der Waals surface area contributed by atoms with E-state index in [-0.39, 0.29) is 6.04 Å². The minimum absolute atomic E-state index is 0.00888. The van der Waals surface area contributed by atoms with Crippen molar-refractivity contribution in [2.45, 2.75) is 26.3 Å². The Balaban J connectivity index is 2.16. The summed E-state index contributed by atoms with van der Waals surface area (Å²) in [5.74, 6) is 0.841. The van der Waals surface area contributed by atoms with Crippen molar-refractivity contribution >= 4 is 15.9 Å². The van der Waals surface area contributed by atoms with Crippen molar-refractivity contribution in [3.05, 3.63) is 63.1 Å². The van der Waals surface area contributed by atoms with E-state index in [1.807, 2.05) is 6.07 Å². The molecule has 106 valence electrons. The number of hydrogen-bond acceptors (Lipinski definition) is 2. The molecule has 0 aromatic heterocycles. The van der Waals surface area contributed by atoms with Crippen LogP contribution in [0.25, 0.3) is 0 Å². The van der Waals surface area contributed by atoms with Crippen LogP contribution in [0.1, 0.15) is 28.3 Å². The number of nitrogens with two attached hydrogens (primary N) is 1. The first-order chi connectivity index (χ1) is 9.51. The fraction of sp³-hybridized carbons (Fsp3) is 0.294. The Morgan fingerprint density at radius 2 is 1.85 bits per heavy atom. The van der Waals surface area contributed by atoms with Crippen LogP contribution in [0.4, 0.5) is 0 Å². The second-order valence-electron chi connectivity index (χ2n) is 5.12. The molecule has 3 heteroatoms. The van der Waals surface area contributed by atoms with Gasteiger partial charge in [-0.2, -0.15) is 0 Å². The van der Waals surface area contributed by atoms with Crippen LogP contribution in [0.2, 0.25) is 0 Å². The van der Waals surface area contributed by atoms with Gasteiger partial charge in [0.05, 0.1) is 11.6 Å². The third-order valence-corrected chi connectivity index (χ3v) is 4.25. The number of rotatable bonds is 4. The van der Waals surface area contributed by atoms with Crippen LogP contribution in [0.3, 0.4) is 0 Å². The van der Waals surface area contributed by atoms with E-state index < -0.39 is 0 Å². The highest BCUT2D eigenvalue weighted by atomic mass is 79.9. The molecule has 0 spiro atoms. The van der Waals surface area contributed by atoms with Crippen molar-refractivity contribution in [2.75, 3.05) is 7.11 Å². The largest absolute Gasteiger partial charge is 0.496 e. The molecule has 0 saturated heterocycles. The molecule has 0 saturated carbocycles. The maximum absolute atomic E-state index is 6.32. The van der Waals surface area contributed by atoms with Gasteiger partial charge in [-0.15, -0.1) is 0 Å². The summed E-state index contributed by atoms with van der Waals surface area (Å²) in [7, 11) is 1.67. The Bertz CT molecular complexity index is 610. The smallest absolute Gasteiger partial charge is 0.133 e. The first-order valence-corrected chi connectivity index (χ1v) is 7.45. The molecule has 2 N–H and O–H groups in total. The lowest BCUT2D eigenvalue weighted by Crippen LogP contribution is -2.13. The molecule has 0 heterocycles. The molecule has 0 aliphatic carbocycles. The van der Waals surface area contributed by atoms with Crippen LogP contribution >= 0.6 is 15.9 Å². The maximum atomic E-state index is 6.32. The number of methoxy groups -OCH3 is 1. The summed E-state index contributed by atoms with van der Waals surface area (Å²) < 4.78 is 6.20. The highest BCUT2D eigenvalue weighted by Crippen LogP contribution is 2.27. The lowest BCUT2D eigenvalue weighted by Gasteiger charge is -2.14. The summed E-state index contributed by atoms with van der Waals surface area (Å²) in [6.45, 7) is 4.24. The van der Waals surface area contributed by atoms with E-state index in [1.165, 1.54) is 22.3 Å². The van der Waals surface area contributed by atoms with Crippen LogP contribution < -0.4 is 10.5 Å². The summed E-state index contributed by atoms with van der Waals surface area (Å²) >= 11 is 3.51. The van der Waals surface area contributed by atoms with Gasteiger partial charge in [0.1, 0.15) is 5.75 Å². The predicted octanol–water partition coefficient (Wildman–Crippen LogP) is 4.32. The molecule has 0 bridgehead atoms. The van der Waals surface area contributed by atoms with Crippen molar-refractivity contribution in [2.24, 2.45) is 5.73 Å². The van der Waals surface area contributed by atoms with Crippen LogP contribution in [0.5, 0.6) is 5.75 Å². The first-order valence-electron chi connectivity index (χ1n) is 6.66. The number of hydrogen-bond donors (Lipinski definition) is 1. The third kappa shape index (κ3) is 3.41. The van der Waals surface area contributed by atoms with Gasteiger partial charge >= 0.3 is 0 Å². The lowest BCUT2D eigenvalue weighted by atomic mass is 9.96. The van der Waals surface area contributed by atoms with Crippen molar-refractivity contribution < 1.29 is 4.74 Å². The van der Waals surface area contributed by atoms with Gasteiger partial charge in [-0.3, -0.25) is 0 Å². The Morgan fingerprint density at radius 1 is 1.10 bits per heavy atom. The highest BCUT2D eigenvalue weighted by Gasteiger charge is 2.09. The fourth-order valence-corrected chi connectivity index (χ4v) is 2.79. The molecule has 1 unspecified atom stereocenters. The second-order valence-corrected chi connectivity index (χ2v) is 5.98. The molecule has 2 aromatic carbocycles. The van der Waals surface area contributed by atoms with Crippen LogP contribution in [0.15, 0.2) is 40.9 Å². The maximum Gasteiger partial charge on any atom is 0.133 e. The molecule has 20 heavy (non-hydrogen) atoms. The summed E-state index contributed by atoms with van der Waals surface area (Å²) in [6, 6.07) is 12.5. The lowest BCUT2D eigenvalue weighted by molar-refractivity contribution is 0.412. The molecule has 2 rings (SSSR count). The number of benzene rings is 2. The molecule has 0 amide bonds. The molecule has 0 aliphatic rings. The average Bonchev–Trinajstić information content (AvgIpc) is 2.42. The van der Waals surface area contributed by atoms with Gasteiger partial charge in [0.2, 0.25) is 0 Å². The molecule has 2 aromatic rings. The standard InChI is InChI=1S/C17H20BrNO/c1-11-4-6-14(8-12(11)2)16(19)10-13-5-7-17(20-3)15(18)9-13/h4-9,16H,10,19H2,1-3H3. The number of ether oxygens (including phenoxy) is 1. The first kappa shape index (κ1) is 15.1. The van der Waals surface area contributed by atoms with Crippen LogP contribution in [0, 0.1) is 13.8 Å². The van der Waals surface area contributed by atoms with Crippen molar-refractivity contribution in [1.29, 1.82) is 0 Å². The zero-order valence-corrected chi connectivity index (χ0v) is 13.7. The molecule has 0 fully saturated rings. The number of halogens is 1. The van der Waals surface area contributed by atoms with E-state index in [1.54, 1.807) is 7.11 Å². The van der Waals surface area contributed by atoms with Crippen molar-refractivity contribution in [3.8, 4) is 5.75 Å². The summed E-state index contributed by atoms with van der Waals surface area (Å²) in [6.07, 6.45) is 0.811. The van der Waals surface area contributed by atoms with Crippen molar-refractivity contribution in [1.82, 2.24) is 0 Å². The van der Waals surface area contributed by atoms with Gasteiger partial charge in [0, 0.05) is 6.04 Å². The van der Waals surface area contributed by atoms with E-state index in [0.29, 0.717) is 0 Å². The van der Waals surface area contributed by atoms with E-state index in [4.69, 9.17) is 10.5 Å². The van der Waals surface area contributed by atoms with Gasteiger partial charge in [0.25, 0.3) is 0 Å². The van der Waals surface area contributed by atoms with E-state index >= 15 is 0 Å². The van der Waals surface area contributed by atoms with Gasteiger partial charge in [0.15, 0.2) is 0 Å². The second kappa shape index (κ2) is 6.42. The molecule has 0 radical (unpaired) electrons. The molecule has 0 aliphatic heterocycles. The summed E-state index contributed by atoms with van der Waals surface area (Å²) in [4.78, 5) is 0. The van der Waals surface area contributed by atoms with Gasteiger partial charge < -0.3 is 10.5 Å². The fourth-order valence-electron chi connectivity index (χ4n) is 2.20. The molecule has 2 nitrogen and oxygen atoms in total.